The third-order valence-electron chi connectivity index (χ3n) is 4.54. The molecule has 122 valence electrons. The highest BCUT2D eigenvalue weighted by Gasteiger charge is 2.17. The summed E-state index contributed by atoms with van der Waals surface area (Å²) in [4.78, 5) is 2.53. The average molecular weight is 315 g/mol. The van der Waals surface area contributed by atoms with Crippen LogP contribution in [0.5, 0.6) is 0 Å². The highest BCUT2D eigenvalue weighted by molar-refractivity contribution is 5.32. The topological polar surface area (TPSA) is 3.24 Å². The van der Waals surface area contributed by atoms with E-state index in [2.05, 4.69) is 103 Å². The summed E-state index contributed by atoms with van der Waals surface area (Å²) in [6, 6.07) is 32.4. The minimum atomic E-state index is 0.399. The second-order valence-corrected chi connectivity index (χ2v) is 6.19. The first-order chi connectivity index (χ1) is 11.9. The lowest BCUT2D eigenvalue weighted by Crippen LogP contribution is -2.28. The predicted molar refractivity (Wildman–Crippen MR) is 102 cm³/mol. The summed E-state index contributed by atoms with van der Waals surface area (Å²) >= 11 is 0. The number of benzene rings is 3. The summed E-state index contributed by atoms with van der Waals surface area (Å²) in [6.45, 7) is 5.31. The fourth-order valence-electron chi connectivity index (χ4n) is 3.18. The Morgan fingerprint density at radius 2 is 1.12 bits per heavy atom. The number of nitrogens with zero attached hydrogens (tertiary/aromatic N) is 1. The van der Waals surface area contributed by atoms with Crippen molar-refractivity contribution < 1.29 is 0 Å². The van der Waals surface area contributed by atoms with Crippen LogP contribution in [0.2, 0.25) is 0 Å². The van der Waals surface area contributed by atoms with Gasteiger partial charge in [-0.2, -0.15) is 0 Å². The first kappa shape index (κ1) is 16.5. The normalized spacial score (nSPS) is 11.1. The molecule has 0 heterocycles. The average Bonchev–Trinajstić information content (AvgIpc) is 2.67. The molecule has 0 fully saturated rings. The van der Waals surface area contributed by atoms with Gasteiger partial charge in [-0.25, -0.2) is 0 Å². The second-order valence-electron chi connectivity index (χ2n) is 6.19. The Kier molecular flexibility index (Phi) is 5.81. The Morgan fingerprint density at radius 3 is 1.58 bits per heavy atom. The van der Waals surface area contributed by atoms with Crippen LogP contribution in [0.4, 0.5) is 0 Å². The molecule has 0 atom stereocenters. The van der Waals surface area contributed by atoms with Crippen molar-refractivity contribution >= 4 is 0 Å². The summed E-state index contributed by atoms with van der Waals surface area (Å²) in [6.07, 6.45) is 0. The van der Waals surface area contributed by atoms with E-state index in [9.17, 15) is 0 Å². The molecule has 0 bridgehead atoms. The van der Waals surface area contributed by atoms with E-state index in [1.807, 2.05) is 0 Å². The molecule has 0 amide bonds. The molecule has 1 nitrogen and oxygen atoms in total. The molecule has 0 N–H and O–H groups in total. The highest BCUT2D eigenvalue weighted by Crippen LogP contribution is 2.26. The molecule has 0 unspecified atom stereocenters. The molecule has 0 aliphatic rings. The van der Waals surface area contributed by atoms with Crippen molar-refractivity contribution in [2.24, 2.45) is 0 Å². The lowest BCUT2D eigenvalue weighted by molar-refractivity contribution is 0.271. The van der Waals surface area contributed by atoms with Crippen molar-refractivity contribution in [1.82, 2.24) is 4.90 Å². The Balaban J connectivity index is 1.83. The summed E-state index contributed by atoms with van der Waals surface area (Å²) in [5, 5.41) is 0. The standard InChI is InChI=1S/C23H25N/c1-2-24(18-20-12-6-3-7-13-20)19-23(21-14-8-4-9-15-21)22-16-10-5-11-17-22/h3-17,23H,2,18-19H2,1H3. The number of hydrogen-bond donors (Lipinski definition) is 0. The van der Waals surface area contributed by atoms with E-state index in [1.54, 1.807) is 0 Å². The van der Waals surface area contributed by atoms with Crippen LogP contribution in [0, 0.1) is 0 Å². The van der Waals surface area contributed by atoms with Crippen LogP contribution in [0.3, 0.4) is 0 Å². The number of likely N-dealkylation sites (N-methyl/N-ethyl adjacent to an activating group) is 1. The fourth-order valence-corrected chi connectivity index (χ4v) is 3.18. The Labute approximate surface area is 145 Å². The molecule has 3 rings (SSSR count). The minimum absolute atomic E-state index is 0.399. The SMILES string of the molecule is CCN(Cc1ccccc1)CC(c1ccccc1)c1ccccc1. The van der Waals surface area contributed by atoms with Crippen molar-refractivity contribution in [3.8, 4) is 0 Å². The van der Waals surface area contributed by atoms with Gasteiger partial charge in [0.15, 0.2) is 0 Å². The zero-order chi connectivity index (χ0) is 16.6. The molecule has 0 aliphatic heterocycles. The van der Waals surface area contributed by atoms with Gasteiger partial charge in [-0.15, -0.1) is 0 Å². The van der Waals surface area contributed by atoms with Crippen LogP contribution >= 0.6 is 0 Å². The molecular weight excluding hydrogens is 290 g/mol. The molecule has 0 radical (unpaired) electrons. The van der Waals surface area contributed by atoms with Crippen LogP contribution in [0.15, 0.2) is 91.0 Å². The van der Waals surface area contributed by atoms with Gasteiger partial charge < -0.3 is 0 Å². The van der Waals surface area contributed by atoms with Crippen molar-refractivity contribution in [3.63, 3.8) is 0 Å². The second kappa shape index (κ2) is 8.47. The van der Waals surface area contributed by atoms with E-state index in [4.69, 9.17) is 0 Å². The van der Waals surface area contributed by atoms with Crippen LogP contribution in [0.25, 0.3) is 0 Å². The highest BCUT2D eigenvalue weighted by atomic mass is 15.1. The van der Waals surface area contributed by atoms with Gasteiger partial charge in [0.05, 0.1) is 0 Å². The van der Waals surface area contributed by atoms with Crippen LogP contribution < -0.4 is 0 Å². The van der Waals surface area contributed by atoms with Gasteiger partial charge in [0.1, 0.15) is 0 Å². The first-order valence-electron chi connectivity index (χ1n) is 8.73. The van der Waals surface area contributed by atoms with Gasteiger partial charge in [-0.1, -0.05) is 97.9 Å². The zero-order valence-electron chi connectivity index (χ0n) is 14.3. The largest absolute Gasteiger partial charge is 0.298 e. The van der Waals surface area contributed by atoms with E-state index < -0.39 is 0 Å². The summed E-state index contributed by atoms with van der Waals surface area (Å²) in [5.74, 6) is 0.399. The van der Waals surface area contributed by atoms with E-state index in [-0.39, 0.29) is 0 Å². The van der Waals surface area contributed by atoms with Gasteiger partial charge in [-0.3, -0.25) is 4.90 Å². The Bertz CT molecular complexity index is 667. The predicted octanol–water partition coefficient (Wildman–Crippen LogP) is 5.34. The third kappa shape index (κ3) is 4.33. The fraction of sp³-hybridized carbons (Fsp3) is 0.217. The maximum atomic E-state index is 2.53. The lowest BCUT2D eigenvalue weighted by atomic mass is 9.90. The van der Waals surface area contributed by atoms with Crippen molar-refractivity contribution in [1.29, 1.82) is 0 Å². The Hall–Kier alpha value is -2.38. The van der Waals surface area contributed by atoms with Crippen molar-refractivity contribution in [3.05, 3.63) is 108 Å². The summed E-state index contributed by atoms with van der Waals surface area (Å²) < 4.78 is 0. The van der Waals surface area contributed by atoms with Crippen molar-refractivity contribution in [2.75, 3.05) is 13.1 Å². The molecule has 0 aliphatic carbocycles. The van der Waals surface area contributed by atoms with Gasteiger partial charge >= 0.3 is 0 Å². The molecule has 0 aromatic heterocycles. The molecule has 3 aromatic carbocycles. The molecule has 0 saturated carbocycles. The third-order valence-corrected chi connectivity index (χ3v) is 4.54. The van der Waals surface area contributed by atoms with Gasteiger partial charge in [0.2, 0.25) is 0 Å². The van der Waals surface area contributed by atoms with Crippen LogP contribution in [-0.4, -0.2) is 18.0 Å². The molecule has 24 heavy (non-hydrogen) atoms. The number of rotatable bonds is 7. The monoisotopic (exact) mass is 315 g/mol. The van der Waals surface area contributed by atoms with Crippen molar-refractivity contribution in [2.45, 2.75) is 19.4 Å². The molecule has 0 saturated heterocycles. The van der Waals surface area contributed by atoms with Gasteiger partial charge in [0.25, 0.3) is 0 Å². The van der Waals surface area contributed by atoms with Crippen LogP contribution in [0.1, 0.15) is 29.5 Å². The molecule has 0 spiro atoms. The van der Waals surface area contributed by atoms with Crippen LogP contribution in [-0.2, 0) is 6.54 Å². The van der Waals surface area contributed by atoms with E-state index >= 15 is 0 Å². The van der Waals surface area contributed by atoms with Gasteiger partial charge in [0, 0.05) is 19.0 Å². The van der Waals surface area contributed by atoms with E-state index in [1.165, 1.54) is 16.7 Å². The quantitative estimate of drug-likeness (QED) is 0.569. The molecular formula is C23H25N. The first-order valence-corrected chi connectivity index (χ1v) is 8.73. The minimum Gasteiger partial charge on any atom is -0.298 e. The van der Waals surface area contributed by atoms with E-state index in [0.717, 1.165) is 19.6 Å². The smallest absolute Gasteiger partial charge is 0.0233 e. The zero-order valence-corrected chi connectivity index (χ0v) is 14.3. The van der Waals surface area contributed by atoms with E-state index in [0.29, 0.717) is 5.92 Å². The maximum Gasteiger partial charge on any atom is 0.0233 e. The lowest BCUT2D eigenvalue weighted by Gasteiger charge is -2.27. The maximum absolute atomic E-state index is 2.53. The summed E-state index contributed by atoms with van der Waals surface area (Å²) in [7, 11) is 0. The number of hydrogen-bond acceptors (Lipinski definition) is 1. The molecule has 3 aromatic rings. The molecule has 1 heteroatoms. The Morgan fingerprint density at radius 1 is 0.667 bits per heavy atom. The summed E-state index contributed by atoms with van der Waals surface area (Å²) in [5.41, 5.74) is 4.14. The van der Waals surface area contributed by atoms with Gasteiger partial charge in [-0.05, 0) is 23.2 Å².